The van der Waals surface area contributed by atoms with Crippen LogP contribution >= 0.6 is 0 Å². The third kappa shape index (κ3) is 3.97. The lowest BCUT2D eigenvalue weighted by molar-refractivity contribution is -0.126. The van der Waals surface area contributed by atoms with Crippen molar-refractivity contribution < 1.29 is 4.79 Å². The van der Waals surface area contributed by atoms with Gasteiger partial charge in [-0.15, -0.1) is 10.2 Å². The smallest absolute Gasteiger partial charge is 0.163 e. The third-order valence-corrected chi connectivity index (χ3v) is 4.97. The SMILES string of the molecule is CC.Cc1nnc2n1-c1cn(C)nc1C(c1ccccc1)=N[C@H]2CC(=O)C(C)(C)C. The number of hydrogen-bond donors (Lipinski definition) is 0. The Hall–Kier alpha value is -3.09. The molecule has 3 heterocycles. The van der Waals surface area contributed by atoms with Crippen molar-refractivity contribution in [2.24, 2.45) is 17.5 Å². The van der Waals surface area contributed by atoms with Crippen LogP contribution in [0.2, 0.25) is 0 Å². The van der Waals surface area contributed by atoms with E-state index in [9.17, 15) is 4.79 Å². The summed E-state index contributed by atoms with van der Waals surface area (Å²) in [6.07, 6.45) is 2.22. The molecule has 0 fully saturated rings. The first-order chi connectivity index (χ1) is 14.3. The van der Waals surface area contributed by atoms with E-state index in [1.54, 1.807) is 4.68 Å². The number of nitrogens with zero attached hydrogens (tertiary/aromatic N) is 6. The van der Waals surface area contributed by atoms with Crippen LogP contribution in [0.25, 0.3) is 5.69 Å². The number of aromatic nitrogens is 5. The third-order valence-electron chi connectivity index (χ3n) is 4.97. The minimum absolute atomic E-state index is 0.140. The molecule has 2 aromatic heterocycles. The molecule has 0 spiro atoms. The molecule has 0 saturated heterocycles. The van der Waals surface area contributed by atoms with Gasteiger partial charge in [0.25, 0.3) is 0 Å². The highest BCUT2D eigenvalue weighted by atomic mass is 16.1. The summed E-state index contributed by atoms with van der Waals surface area (Å²) in [7, 11) is 1.89. The minimum atomic E-state index is -0.443. The number of aliphatic imine (C=N–C) groups is 1. The zero-order valence-corrected chi connectivity index (χ0v) is 18.8. The number of aryl methyl sites for hydroxylation is 2. The lowest BCUT2D eigenvalue weighted by Crippen LogP contribution is -2.23. The summed E-state index contributed by atoms with van der Waals surface area (Å²) in [4.78, 5) is 17.8. The maximum absolute atomic E-state index is 12.8. The minimum Gasteiger partial charge on any atom is -0.299 e. The summed E-state index contributed by atoms with van der Waals surface area (Å²) in [6, 6.07) is 9.54. The summed E-state index contributed by atoms with van der Waals surface area (Å²) in [5.74, 6) is 1.57. The molecule has 1 aromatic carbocycles. The van der Waals surface area contributed by atoms with E-state index in [-0.39, 0.29) is 12.2 Å². The molecule has 1 atom stereocenters. The Morgan fingerprint density at radius 2 is 1.77 bits per heavy atom. The van der Waals surface area contributed by atoms with E-state index in [4.69, 9.17) is 4.99 Å². The van der Waals surface area contributed by atoms with Crippen molar-refractivity contribution in [2.75, 3.05) is 0 Å². The van der Waals surface area contributed by atoms with Crippen molar-refractivity contribution in [3.63, 3.8) is 0 Å². The molecule has 4 rings (SSSR count). The second-order valence-corrected chi connectivity index (χ2v) is 8.21. The summed E-state index contributed by atoms with van der Waals surface area (Å²) in [5.41, 5.74) is 2.94. The van der Waals surface area contributed by atoms with Crippen molar-refractivity contribution >= 4 is 11.5 Å². The first-order valence-corrected chi connectivity index (χ1v) is 10.4. The van der Waals surface area contributed by atoms with Crippen molar-refractivity contribution in [3.8, 4) is 5.69 Å². The Morgan fingerprint density at radius 1 is 1.10 bits per heavy atom. The second-order valence-electron chi connectivity index (χ2n) is 8.21. The van der Waals surface area contributed by atoms with Crippen LogP contribution in [-0.4, -0.2) is 36.0 Å². The molecule has 0 radical (unpaired) electrons. The van der Waals surface area contributed by atoms with Gasteiger partial charge in [0.05, 0.1) is 11.4 Å². The van der Waals surface area contributed by atoms with Crippen LogP contribution in [0.1, 0.15) is 70.0 Å². The van der Waals surface area contributed by atoms with Gasteiger partial charge in [0.2, 0.25) is 0 Å². The Kier molecular flexibility index (Phi) is 6.01. The topological polar surface area (TPSA) is 78.0 Å². The van der Waals surface area contributed by atoms with Gasteiger partial charge in [0.15, 0.2) is 5.82 Å². The highest BCUT2D eigenvalue weighted by Crippen LogP contribution is 2.33. The van der Waals surface area contributed by atoms with Gasteiger partial charge in [-0.2, -0.15) is 5.10 Å². The predicted molar refractivity (Wildman–Crippen MR) is 118 cm³/mol. The standard InChI is InChI=1S/C21H24N6O.C2H6/c1-13-23-24-20-15(11-17(28)21(2,3)4)22-18(14-9-7-6-8-10-14)19-16(27(13)20)12-26(5)25-19;1-2/h6-10,12,15H,11H2,1-5H3;1-2H3/t15-;/m0./s1. The average molecular weight is 407 g/mol. The quantitative estimate of drug-likeness (QED) is 0.652. The number of fused-ring (bicyclic) bond motifs is 3. The normalized spacial score (nSPS) is 15.3. The molecule has 0 amide bonds. The summed E-state index contributed by atoms with van der Waals surface area (Å²) >= 11 is 0. The van der Waals surface area contributed by atoms with Gasteiger partial charge in [-0.3, -0.25) is 19.0 Å². The highest BCUT2D eigenvalue weighted by molar-refractivity contribution is 6.14. The van der Waals surface area contributed by atoms with Crippen LogP contribution < -0.4 is 0 Å². The van der Waals surface area contributed by atoms with Crippen LogP contribution in [0.15, 0.2) is 41.5 Å². The summed E-state index contributed by atoms with van der Waals surface area (Å²) in [5, 5.41) is 13.3. The van der Waals surface area contributed by atoms with E-state index >= 15 is 0 Å². The van der Waals surface area contributed by atoms with Crippen LogP contribution in [-0.2, 0) is 11.8 Å². The molecular weight excluding hydrogens is 376 g/mol. The Labute approximate surface area is 177 Å². The fourth-order valence-corrected chi connectivity index (χ4v) is 3.40. The molecule has 30 heavy (non-hydrogen) atoms. The number of Topliss-reactive ketones (excluding diaryl/α,β-unsaturated/α-hetero) is 1. The average Bonchev–Trinajstić information content (AvgIpc) is 3.25. The van der Waals surface area contributed by atoms with Crippen molar-refractivity contribution in [1.29, 1.82) is 0 Å². The number of rotatable bonds is 3. The van der Waals surface area contributed by atoms with Gasteiger partial charge in [-0.1, -0.05) is 65.0 Å². The molecule has 158 valence electrons. The molecule has 1 aliphatic heterocycles. The van der Waals surface area contributed by atoms with Gasteiger partial charge in [-0.05, 0) is 6.92 Å². The van der Waals surface area contributed by atoms with E-state index in [0.29, 0.717) is 5.82 Å². The van der Waals surface area contributed by atoms with E-state index in [2.05, 4.69) is 15.3 Å². The molecular formula is C23H30N6O. The van der Waals surface area contributed by atoms with Crippen LogP contribution in [0, 0.1) is 12.3 Å². The molecule has 0 unspecified atom stereocenters. The van der Waals surface area contributed by atoms with Crippen LogP contribution in [0.4, 0.5) is 0 Å². The molecule has 7 heteroatoms. The fraction of sp³-hybridized carbons (Fsp3) is 0.435. The molecule has 3 aromatic rings. The Morgan fingerprint density at radius 3 is 2.40 bits per heavy atom. The molecule has 0 bridgehead atoms. The molecule has 0 aliphatic carbocycles. The van der Waals surface area contributed by atoms with Gasteiger partial charge in [0.1, 0.15) is 23.3 Å². The Balaban J connectivity index is 0.00000124. The second kappa shape index (κ2) is 8.34. The number of carbonyl (C=O) groups excluding carboxylic acids is 1. The number of ketones is 1. The van der Waals surface area contributed by atoms with E-state index in [1.807, 2.05) is 89.7 Å². The van der Waals surface area contributed by atoms with E-state index in [1.165, 1.54) is 0 Å². The zero-order chi connectivity index (χ0) is 22.1. The van der Waals surface area contributed by atoms with Gasteiger partial charge in [-0.25, -0.2) is 0 Å². The van der Waals surface area contributed by atoms with Crippen molar-refractivity contribution in [1.82, 2.24) is 24.5 Å². The van der Waals surface area contributed by atoms with Crippen molar-refractivity contribution in [2.45, 2.75) is 54.0 Å². The van der Waals surface area contributed by atoms with Gasteiger partial charge in [0, 0.05) is 30.6 Å². The van der Waals surface area contributed by atoms with Gasteiger partial charge < -0.3 is 0 Å². The van der Waals surface area contributed by atoms with E-state index < -0.39 is 11.5 Å². The number of benzene rings is 1. The number of carbonyl (C=O) groups is 1. The Bertz CT molecular complexity index is 1070. The maximum Gasteiger partial charge on any atom is 0.163 e. The molecule has 0 N–H and O–H groups in total. The maximum atomic E-state index is 12.8. The van der Waals surface area contributed by atoms with Crippen LogP contribution in [0.5, 0.6) is 0 Å². The highest BCUT2D eigenvalue weighted by Gasteiger charge is 2.33. The fourth-order valence-electron chi connectivity index (χ4n) is 3.40. The van der Waals surface area contributed by atoms with Crippen molar-refractivity contribution in [3.05, 3.63) is 59.4 Å². The van der Waals surface area contributed by atoms with Crippen LogP contribution in [0.3, 0.4) is 0 Å². The van der Waals surface area contributed by atoms with E-state index in [0.717, 1.165) is 28.5 Å². The van der Waals surface area contributed by atoms with Gasteiger partial charge >= 0.3 is 0 Å². The monoisotopic (exact) mass is 406 g/mol. The summed E-state index contributed by atoms with van der Waals surface area (Å²) < 4.78 is 3.75. The zero-order valence-electron chi connectivity index (χ0n) is 18.8. The predicted octanol–water partition coefficient (Wildman–Crippen LogP) is 4.23. The molecule has 1 aliphatic rings. The first kappa shape index (κ1) is 21.6. The largest absolute Gasteiger partial charge is 0.299 e. The first-order valence-electron chi connectivity index (χ1n) is 10.4. The lowest BCUT2D eigenvalue weighted by atomic mass is 9.87. The lowest BCUT2D eigenvalue weighted by Gasteiger charge is -2.19. The molecule has 7 nitrogen and oxygen atoms in total. The molecule has 0 saturated carbocycles. The number of hydrogen-bond acceptors (Lipinski definition) is 5. The summed E-state index contributed by atoms with van der Waals surface area (Å²) in [6.45, 7) is 11.7.